The van der Waals surface area contributed by atoms with E-state index in [4.69, 9.17) is 10.5 Å². The number of fused-ring (bicyclic) bond motifs is 1. The summed E-state index contributed by atoms with van der Waals surface area (Å²) in [6, 6.07) is 7.13. The Morgan fingerprint density at radius 3 is 2.73 bits per heavy atom. The van der Waals surface area contributed by atoms with Crippen molar-refractivity contribution < 1.29 is 14.3 Å². The van der Waals surface area contributed by atoms with Gasteiger partial charge in [-0.05, 0) is 60.8 Å². The van der Waals surface area contributed by atoms with E-state index in [0.29, 0.717) is 34.4 Å². The predicted molar refractivity (Wildman–Crippen MR) is 123 cm³/mol. The largest absolute Gasteiger partial charge is 0.494 e. The molecule has 0 saturated heterocycles. The van der Waals surface area contributed by atoms with Gasteiger partial charge in [0.05, 0.1) is 12.2 Å². The first kappa shape index (κ1) is 22.3. The van der Waals surface area contributed by atoms with Crippen molar-refractivity contribution in [3.05, 3.63) is 45.8 Å². The molecule has 1 atom stereocenters. The van der Waals surface area contributed by atoms with Crippen molar-refractivity contribution in [1.82, 2.24) is 0 Å². The molecule has 2 amide bonds. The van der Waals surface area contributed by atoms with Gasteiger partial charge < -0.3 is 15.8 Å². The first-order valence-corrected chi connectivity index (χ1v) is 11.5. The Balaban J connectivity index is 1.82. The zero-order valence-corrected chi connectivity index (χ0v) is 19.2. The quantitative estimate of drug-likeness (QED) is 0.577. The van der Waals surface area contributed by atoms with Gasteiger partial charge in [-0.25, -0.2) is 0 Å². The Kier molecular flexibility index (Phi) is 6.86. The van der Waals surface area contributed by atoms with Crippen molar-refractivity contribution in [2.45, 2.75) is 59.8 Å². The number of amides is 2. The Hall–Kier alpha value is -2.34. The number of carbonyl (C=O) groups excluding carboxylic acids is 2. The van der Waals surface area contributed by atoms with Crippen molar-refractivity contribution in [3.8, 4) is 5.75 Å². The number of primary amides is 1. The molecule has 30 heavy (non-hydrogen) atoms. The van der Waals surface area contributed by atoms with Crippen LogP contribution in [0, 0.1) is 11.3 Å². The minimum absolute atomic E-state index is 0.205. The van der Waals surface area contributed by atoms with Crippen molar-refractivity contribution in [1.29, 1.82) is 0 Å². The van der Waals surface area contributed by atoms with Crippen molar-refractivity contribution in [3.63, 3.8) is 0 Å². The monoisotopic (exact) mass is 428 g/mol. The fourth-order valence-electron chi connectivity index (χ4n) is 3.91. The number of nitrogens with two attached hydrogens (primary N) is 1. The molecular formula is C24H32N2O3S. The molecule has 0 aliphatic heterocycles. The van der Waals surface area contributed by atoms with E-state index in [-0.39, 0.29) is 11.3 Å². The fraction of sp³-hybridized carbons (Fsp3) is 0.500. The van der Waals surface area contributed by atoms with Crippen LogP contribution in [0.15, 0.2) is 24.3 Å². The highest BCUT2D eigenvalue weighted by Gasteiger charge is 2.33. The number of hydrogen-bond donors (Lipinski definition) is 2. The molecule has 0 unspecified atom stereocenters. The maximum atomic E-state index is 12.9. The molecule has 1 aromatic carbocycles. The highest BCUT2D eigenvalue weighted by molar-refractivity contribution is 7.17. The van der Waals surface area contributed by atoms with Gasteiger partial charge in [0, 0.05) is 10.4 Å². The summed E-state index contributed by atoms with van der Waals surface area (Å²) in [7, 11) is 0. The molecule has 2 aromatic rings. The molecule has 1 aliphatic carbocycles. The van der Waals surface area contributed by atoms with Crippen molar-refractivity contribution >= 4 is 28.2 Å². The average molecular weight is 429 g/mol. The molecular weight excluding hydrogens is 396 g/mol. The number of thiophene rings is 1. The number of ether oxygens (including phenoxy) is 1. The first-order chi connectivity index (χ1) is 14.2. The van der Waals surface area contributed by atoms with Crippen molar-refractivity contribution in [2.24, 2.45) is 17.1 Å². The molecule has 162 valence electrons. The lowest BCUT2D eigenvalue weighted by Crippen LogP contribution is -2.27. The Labute approximate surface area is 183 Å². The van der Waals surface area contributed by atoms with E-state index in [1.165, 1.54) is 16.2 Å². The highest BCUT2D eigenvalue weighted by atomic mass is 32.1. The minimum atomic E-state index is -0.478. The predicted octanol–water partition coefficient (Wildman–Crippen LogP) is 5.43. The van der Waals surface area contributed by atoms with Gasteiger partial charge in [-0.1, -0.05) is 40.2 Å². The van der Waals surface area contributed by atoms with Gasteiger partial charge in [-0.3, -0.25) is 9.59 Å². The van der Waals surface area contributed by atoms with Crippen LogP contribution in [0.1, 0.15) is 78.1 Å². The standard InChI is InChI=1S/C24H32N2O3S/c1-5-6-12-29-17-9-7-8-15(13-17)22(28)26-23-20(21(25)27)18-11-10-16(24(2,3)4)14-19(18)30-23/h7-9,13,16H,5-6,10-12,14H2,1-4H3,(H2,25,27)(H,26,28)/t16-/m0/s1. The highest BCUT2D eigenvalue weighted by Crippen LogP contribution is 2.44. The van der Waals surface area contributed by atoms with Crippen LogP contribution in [0.25, 0.3) is 0 Å². The second kappa shape index (κ2) is 9.21. The summed E-state index contributed by atoms with van der Waals surface area (Å²) in [5.74, 6) is 0.479. The van der Waals surface area contributed by atoms with Gasteiger partial charge in [-0.2, -0.15) is 0 Å². The lowest BCUT2D eigenvalue weighted by atomic mass is 9.72. The Morgan fingerprint density at radius 1 is 1.30 bits per heavy atom. The van der Waals surface area contributed by atoms with Gasteiger partial charge in [0.2, 0.25) is 0 Å². The summed E-state index contributed by atoms with van der Waals surface area (Å²) in [4.78, 5) is 26.3. The second-order valence-electron chi connectivity index (χ2n) is 9.06. The van der Waals surface area contributed by atoms with E-state index in [0.717, 1.165) is 37.7 Å². The van der Waals surface area contributed by atoms with E-state index in [1.54, 1.807) is 18.2 Å². The number of unbranched alkanes of at least 4 members (excludes halogenated alkanes) is 1. The van der Waals surface area contributed by atoms with Crippen LogP contribution >= 0.6 is 11.3 Å². The van der Waals surface area contributed by atoms with E-state index in [9.17, 15) is 9.59 Å². The molecule has 1 aliphatic rings. The van der Waals surface area contributed by atoms with Crippen LogP contribution in [-0.4, -0.2) is 18.4 Å². The van der Waals surface area contributed by atoms with E-state index >= 15 is 0 Å². The van der Waals surface area contributed by atoms with Gasteiger partial charge in [0.1, 0.15) is 10.8 Å². The zero-order valence-electron chi connectivity index (χ0n) is 18.3. The summed E-state index contributed by atoms with van der Waals surface area (Å²) < 4.78 is 5.71. The second-order valence-corrected chi connectivity index (χ2v) is 10.2. The van der Waals surface area contributed by atoms with Crippen LogP contribution in [-0.2, 0) is 12.8 Å². The lowest BCUT2D eigenvalue weighted by Gasteiger charge is -2.33. The maximum absolute atomic E-state index is 12.9. The normalized spacial score (nSPS) is 16.1. The van der Waals surface area contributed by atoms with Gasteiger partial charge in [-0.15, -0.1) is 11.3 Å². The number of anilines is 1. The molecule has 5 nitrogen and oxygen atoms in total. The summed E-state index contributed by atoms with van der Waals surface area (Å²) in [5, 5.41) is 3.50. The lowest BCUT2D eigenvalue weighted by molar-refractivity contribution is 0.1000. The van der Waals surface area contributed by atoms with Crippen LogP contribution in [0.5, 0.6) is 5.75 Å². The molecule has 0 saturated carbocycles. The summed E-state index contributed by atoms with van der Waals surface area (Å²) in [6.07, 6.45) is 4.78. The number of nitrogens with one attached hydrogen (secondary N) is 1. The van der Waals surface area contributed by atoms with Crippen LogP contribution in [0.3, 0.4) is 0 Å². The van der Waals surface area contributed by atoms with Crippen LogP contribution < -0.4 is 15.8 Å². The molecule has 0 bridgehead atoms. The van der Waals surface area contributed by atoms with E-state index in [2.05, 4.69) is 33.0 Å². The molecule has 0 fully saturated rings. The average Bonchev–Trinajstić information content (AvgIpc) is 3.05. The first-order valence-electron chi connectivity index (χ1n) is 10.7. The molecule has 3 N–H and O–H groups in total. The third-order valence-electron chi connectivity index (χ3n) is 5.83. The van der Waals surface area contributed by atoms with E-state index in [1.807, 2.05) is 6.07 Å². The van der Waals surface area contributed by atoms with Gasteiger partial charge in [0.15, 0.2) is 0 Å². The molecule has 6 heteroatoms. The smallest absolute Gasteiger partial charge is 0.256 e. The number of benzene rings is 1. The Bertz CT molecular complexity index is 927. The maximum Gasteiger partial charge on any atom is 0.256 e. The molecule has 0 radical (unpaired) electrons. The SMILES string of the molecule is CCCCOc1cccc(C(=O)Nc2sc3c(c2C(N)=O)CC[C@H](C(C)(C)C)C3)c1. The molecule has 0 spiro atoms. The molecule has 1 aromatic heterocycles. The van der Waals surface area contributed by atoms with Gasteiger partial charge >= 0.3 is 0 Å². The number of carbonyl (C=O) groups is 2. The topological polar surface area (TPSA) is 81.4 Å². The molecule has 1 heterocycles. The zero-order chi connectivity index (χ0) is 21.9. The molecule has 3 rings (SSSR count). The third-order valence-corrected chi connectivity index (χ3v) is 7.00. The summed E-state index contributed by atoms with van der Waals surface area (Å²) in [6.45, 7) is 9.49. The van der Waals surface area contributed by atoms with E-state index < -0.39 is 5.91 Å². The van der Waals surface area contributed by atoms with Crippen LogP contribution in [0.2, 0.25) is 0 Å². The summed E-state index contributed by atoms with van der Waals surface area (Å²) >= 11 is 1.49. The third kappa shape index (κ3) is 5.04. The van der Waals surface area contributed by atoms with Crippen molar-refractivity contribution in [2.75, 3.05) is 11.9 Å². The number of rotatable bonds is 7. The fourth-order valence-corrected chi connectivity index (χ4v) is 5.24. The Morgan fingerprint density at radius 2 is 2.07 bits per heavy atom. The van der Waals surface area contributed by atoms with Gasteiger partial charge in [0.25, 0.3) is 11.8 Å². The minimum Gasteiger partial charge on any atom is -0.494 e. The summed E-state index contributed by atoms with van der Waals surface area (Å²) in [5.41, 5.74) is 7.90. The number of hydrogen-bond acceptors (Lipinski definition) is 4. The van der Waals surface area contributed by atoms with Crippen LogP contribution in [0.4, 0.5) is 5.00 Å².